The van der Waals surface area contributed by atoms with E-state index in [1.807, 2.05) is 0 Å². The van der Waals surface area contributed by atoms with Crippen molar-refractivity contribution in [1.29, 1.82) is 0 Å². The minimum atomic E-state index is -0.469. The van der Waals surface area contributed by atoms with Gasteiger partial charge in [0.1, 0.15) is 24.4 Å². The maximum absolute atomic E-state index is 13.6. The molecule has 3 nitrogen and oxygen atoms in total. The lowest BCUT2D eigenvalue weighted by Gasteiger charge is -2.05. The lowest BCUT2D eigenvalue weighted by molar-refractivity contribution is 0.285. The van der Waals surface area contributed by atoms with Gasteiger partial charge in [-0.15, -0.1) is 0 Å². The third-order valence-electron chi connectivity index (χ3n) is 2.89. The van der Waals surface area contributed by atoms with Crippen molar-refractivity contribution in [2.24, 2.45) is 0 Å². The molecule has 1 aromatic heterocycles. The van der Waals surface area contributed by atoms with Gasteiger partial charge >= 0.3 is 0 Å². The number of hydrogen-bond acceptors (Lipinski definition) is 3. The van der Waals surface area contributed by atoms with Crippen molar-refractivity contribution in [2.45, 2.75) is 6.61 Å². The van der Waals surface area contributed by atoms with Crippen LogP contribution in [-0.4, -0.2) is 4.98 Å². The predicted molar refractivity (Wildman–Crippen MR) is 80.3 cm³/mol. The Kier molecular flexibility index (Phi) is 4.20. The van der Waals surface area contributed by atoms with Gasteiger partial charge in [-0.25, -0.2) is 13.8 Å². The topological polar surface area (TPSA) is 35.3 Å². The Hall–Kier alpha value is -2.21. The number of halogens is 3. The van der Waals surface area contributed by atoms with Gasteiger partial charge in [0.2, 0.25) is 5.89 Å². The molecular weight excluding hydrogens is 356 g/mol. The average Bonchev–Trinajstić information content (AvgIpc) is 2.95. The van der Waals surface area contributed by atoms with E-state index in [0.717, 1.165) is 0 Å². The molecule has 0 aliphatic carbocycles. The normalized spacial score (nSPS) is 10.7. The molecule has 0 saturated heterocycles. The lowest BCUT2D eigenvalue weighted by Crippen LogP contribution is -1.97. The van der Waals surface area contributed by atoms with Crippen molar-refractivity contribution >= 4 is 15.9 Å². The first-order chi connectivity index (χ1) is 10.6. The van der Waals surface area contributed by atoms with Gasteiger partial charge in [0, 0.05) is 10.0 Å². The summed E-state index contributed by atoms with van der Waals surface area (Å²) >= 11 is 3.17. The Morgan fingerprint density at radius 2 is 2.00 bits per heavy atom. The Bertz CT molecular complexity index is 804. The van der Waals surface area contributed by atoms with E-state index in [4.69, 9.17) is 9.15 Å². The van der Waals surface area contributed by atoms with Crippen LogP contribution in [0.5, 0.6) is 5.75 Å². The molecule has 3 rings (SSSR count). The molecule has 0 N–H and O–H groups in total. The minimum Gasteiger partial charge on any atom is -0.484 e. The van der Waals surface area contributed by atoms with Crippen molar-refractivity contribution in [3.8, 4) is 17.2 Å². The van der Waals surface area contributed by atoms with E-state index < -0.39 is 5.82 Å². The molecule has 3 aromatic rings. The molecule has 22 heavy (non-hydrogen) atoms. The fraction of sp³-hybridized carbons (Fsp3) is 0.0625. The SMILES string of the molecule is Fc1cccc(-c2nc(COc3ccc(Br)cc3F)co2)c1. The van der Waals surface area contributed by atoms with Crippen LogP contribution in [0, 0.1) is 11.6 Å². The molecule has 6 heteroatoms. The van der Waals surface area contributed by atoms with Crippen LogP contribution in [0.15, 0.2) is 57.6 Å². The zero-order chi connectivity index (χ0) is 15.5. The van der Waals surface area contributed by atoms with Gasteiger partial charge in [0.15, 0.2) is 11.6 Å². The van der Waals surface area contributed by atoms with Crippen LogP contribution in [0.4, 0.5) is 8.78 Å². The van der Waals surface area contributed by atoms with Crippen molar-refractivity contribution in [3.05, 3.63) is 70.5 Å². The lowest BCUT2D eigenvalue weighted by atomic mass is 10.2. The molecule has 0 amide bonds. The second kappa shape index (κ2) is 6.27. The van der Waals surface area contributed by atoms with Crippen LogP contribution in [0.2, 0.25) is 0 Å². The molecule has 0 fully saturated rings. The third-order valence-corrected chi connectivity index (χ3v) is 3.39. The van der Waals surface area contributed by atoms with E-state index in [0.29, 0.717) is 15.7 Å². The number of aromatic nitrogens is 1. The van der Waals surface area contributed by atoms with Crippen molar-refractivity contribution < 1.29 is 17.9 Å². The minimum absolute atomic E-state index is 0.0529. The molecule has 0 bridgehead atoms. The van der Waals surface area contributed by atoms with Gasteiger partial charge in [-0.2, -0.15) is 0 Å². The Labute approximate surface area is 133 Å². The summed E-state index contributed by atoms with van der Waals surface area (Å²) in [6.45, 7) is 0.0529. The summed E-state index contributed by atoms with van der Waals surface area (Å²) in [5.74, 6) is -0.429. The highest BCUT2D eigenvalue weighted by atomic mass is 79.9. The van der Waals surface area contributed by atoms with Crippen LogP contribution in [0.3, 0.4) is 0 Å². The van der Waals surface area contributed by atoms with Crippen LogP contribution >= 0.6 is 15.9 Å². The molecule has 0 saturated carbocycles. The maximum Gasteiger partial charge on any atom is 0.226 e. The molecular formula is C16H10BrF2NO2. The number of rotatable bonds is 4. The Morgan fingerprint density at radius 3 is 2.77 bits per heavy atom. The molecule has 0 unspecified atom stereocenters. The van der Waals surface area contributed by atoms with Crippen LogP contribution in [0.25, 0.3) is 11.5 Å². The summed E-state index contributed by atoms with van der Waals surface area (Å²) in [6.07, 6.45) is 1.40. The standard InChI is InChI=1S/C16H10BrF2NO2/c17-11-4-5-15(14(19)7-11)21-8-13-9-22-16(20-13)10-2-1-3-12(18)6-10/h1-7,9H,8H2. The van der Waals surface area contributed by atoms with Gasteiger partial charge in [-0.1, -0.05) is 22.0 Å². The summed E-state index contributed by atoms with van der Waals surface area (Å²) in [7, 11) is 0. The van der Waals surface area contributed by atoms with Gasteiger partial charge < -0.3 is 9.15 Å². The second-order valence-electron chi connectivity index (χ2n) is 4.52. The van der Waals surface area contributed by atoms with E-state index in [1.54, 1.807) is 18.2 Å². The highest BCUT2D eigenvalue weighted by molar-refractivity contribution is 9.10. The number of nitrogens with zero attached hydrogens (tertiary/aromatic N) is 1. The van der Waals surface area contributed by atoms with Crippen molar-refractivity contribution in [3.63, 3.8) is 0 Å². The van der Waals surface area contributed by atoms with E-state index in [-0.39, 0.29) is 24.1 Å². The summed E-state index contributed by atoms with van der Waals surface area (Å²) in [5, 5.41) is 0. The van der Waals surface area contributed by atoms with Crippen LogP contribution in [0.1, 0.15) is 5.69 Å². The maximum atomic E-state index is 13.6. The van der Waals surface area contributed by atoms with Crippen LogP contribution < -0.4 is 4.74 Å². The highest BCUT2D eigenvalue weighted by Crippen LogP contribution is 2.23. The van der Waals surface area contributed by atoms with Crippen molar-refractivity contribution in [1.82, 2.24) is 4.98 Å². The van der Waals surface area contributed by atoms with Gasteiger partial charge in [0.25, 0.3) is 0 Å². The molecule has 1 heterocycles. The molecule has 2 aromatic carbocycles. The van der Waals surface area contributed by atoms with Crippen LogP contribution in [-0.2, 0) is 6.61 Å². The van der Waals surface area contributed by atoms with Gasteiger partial charge in [-0.3, -0.25) is 0 Å². The van der Waals surface area contributed by atoms with Gasteiger partial charge in [-0.05, 0) is 36.4 Å². The number of benzene rings is 2. The first kappa shape index (κ1) is 14.7. The fourth-order valence-corrected chi connectivity index (χ4v) is 2.20. The smallest absolute Gasteiger partial charge is 0.226 e. The summed E-state index contributed by atoms with van der Waals surface area (Å²) < 4.78 is 38.1. The molecule has 0 atom stereocenters. The highest BCUT2D eigenvalue weighted by Gasteiger charge is 2.09. The first-order valence-corrected chi connectivity index (χ1v) is 7.19. The summed E-state index contributed by atoms with van der Waals surface area (Å²) in [6, 6.07) is 10.4. The zero-order valence-corrected chi connectivity index (χ0v) is 12.8. The number of oxazole rings is 1. The molecule has 0 spiro atoms. The molecule has 0 radical (unpaired) electrons. The van der Waals surface area contributed by atoms with E-state index in [9.17, 15) is 8.78 Å². The fourth-order valence-electron chi connectivity index (χ4n) is 1.87. The Balaban J connectivity index is 1.72. The molecule has 0 aliphatic heterocycles. The van der Waals surface area contributed by atoms with E-state index in [2.05, 4.69) is 20.9 Å². The zero-order valence-electron chi connectivity index (χ0n) is 11.2. The quantitative estimate of drug-likeness (QED) is 0.655. The van der Waals surface area contributed by atoms with Crippen molar-refractivity contribution in [2.75, 3.05) is 0 Å². The molecule has 0 aliphatic rings. The Morgan fingerprint density at radius 1 is 1.14 bits per heavy atom. The third kappa shape index (κ3) is 3.33. The first-order valence-electron chi connectivity index (χ1n) is 6.40. The number of hydrogen-bond donors (Lipinski definition) is 0. The number of ether oxygens (including phenoxy) is 1. The van der Waals surface area contributed by atoms with Gasteiger partial charge in [0.05, 0.1) is 0 Å². The average molecular weight is 366 g/mol. The molecule has 112 valence electrons. The summed E-state index contributed by atoms with van der Waals surface area (Å²) in [4.78, 5) is 4.19. The monoisotopic (exact) mass is 365 g/mol. The summed E-state index contributed by atoms with van der Waals surface area (Å²) in [5.41, 5.74) is 1.02. The second-order valence-corrected chi connectivity index (χ2v) is 5.43. The largest absolute Gasteiger partial charge is 0.484 e. The predicted octanol–water partition coefficient (Wildman–Crippen LogP) is 4.96. The van der Waals surface area contributed by atoms with E-state index in [1.165, 1.54) is 30.5 Å². The van der Waals surface area contributed by atoms with E-state index >= 15 is 0 Å².